The van der Waals surface area contributed by atoms with Gasteiger partial charge in [-0.3, -0.25) is 4.79 Å². The molecule has 0 radical (unpaired) electrons. The number of thiophene rings is 1. The summed E-state index contributed by atoms with van der Waals surface area (Å²) in [7, 11) is 3.01. The number of hydrogen-bond acceptors (Lipinski definition) is 7. The Morgan fingerprint density at radius 3 is 2.57 bits per heavy atom. The van der Waals surface area contributed by atoms with Gasteiger partial charge in [-0.05, 0) is 35.7 Å². The van der Waals surface area contributed by atoms with Crippen molar-refractivity contribution < 1.29 is 28.2 Å². The molecule has 2 aromatic heterocycles. The third-order valence-electron chi connectivity index (χ3n) is 3.91. The summed E-state index contributed by atoms with van der Waals surface area (Å²) in [6.45, 7) is 0.173. The maximum atomic E-state index is 12.8. The highest BCUT2D eigenvalue weighted by atomic mass is 32.1. The molecular formula is C20H19NO6S. The molecule has 1 atom stereocenters. The van der Waals surface area contributed by atoms with Gasteiger partial charge < -0.3 is 23.9 Å². The second-order valence-corrected chi connectivity index (χ2v) is 6.62. The average molecular weight is 401 g/mol. The number of hydrogen-bond donors (Lipinski definition) is 1. The van der Waals surface area contributed by atoms with Gasteiger partial charge in [-0.2, -0.15) is 0 Å². The predicted molar refractivity (Wildman–Crippen MR) is 103 cm³/mol. The first-order chi connectivity index (χ1) is 13.6. The van der Waals surface area contributed by atoms with E-state index in [0.717, 1.165) is 0 Å². The fourth-order valence-corrected chi connectivity index (χ4v) is 3.13. The lowest BCUT2D eigenvalue weighted by Crippen LogP contribution is -2.31. The topological polar surface area (TPSA) is 87.0 Å². The molecule has 8 heteroatoms. The number of rotatable bonds is 8. The minimum Gasteiger partial charge on any atom is -0.493 e. The van der Waals surface area contributed by atoms with Crippen LogP contribution in [0.25, 0.3) is 0 Å². The van der Waals surface area contributed by atoms with E-state index in [1.807, 2.05) is 0 Å². The Morgan fingerprint density at radius 1 is 1.11 bits per heavy atom. The van der Waals surface area contributed by atoms with Crippen LogP contribution in [-0.4, -0.2) is 26.1 Å². The Morgan fingerprint density at radius 2 is 1.93 bits per heavy atom. The molecule has 1 aromatic carbocycles. The Balaban J connectivity index is 1.84. The molecule has 28 heavy (non-hydrogen) atoms. The van der Waals surface area contributed by atoms with Crippen molar-refractivity contribution in [3.63, 3.8) is 0 Å². The number of nitrogens with one attached hydrogen (secondary N) is 1. The predicted octanol–water partition coefficient (Wildman–Crippen LogP) is 3.57. The second-order valence-electron chi connectivity index (χ2n) is 5.67. The molecule has 0 saturated carbocycles. The van der Waals surface area contributed by atoms with Crippen LogP contribution in [0.3, 0.4) is 0 Å². The van der Waals surface area contributed by atoms with Gasteiger partial charge in [0.2, 0.25) is 6.10 Å². The summed E-state index contributed by atoms with van der Waals surface area (Å²) in [5.41, 5.74) is 0.458. The molecule has 0 aliphatic heterocycles. The first kappa shape index (κ1) is 19.5. The van der Waals surface area contributed by atoms with Crippen molar-refractivity contribution in [2.45, 2.75) is 12.6 Å². The summed E-state index contributed by atoms with van der Waals surface area (Å²) >= 11 is 1.24. The maximum Gasteiger partial charge on any atom is 0.349 e. The summed E-state index contributed by atoms with van der Waals surface area (Å²) in [5, 5.41) is 4.48. The number of carbonyl (C=O) groups excluding carboxylic acids is 2. The van der Waals surface area contributed by atoms with E-state index in [1.54, 1.807) is 47.8 Å². The molecular weight excluding hydrogens is 382 g/mol. The number of ether oxygens (including phenoxy) is 3. The fourth-order valence-electron chi connectivity index (χ4n) is 2.53. The van der Waals surface area contributed by atoms with Gasteiger partial charge in [-0.15, -0.1) is 11.3 Å². The molecule has 0 aliphatic carbocycles. The highest BCUT2D eigenvalue weighted by Crippen LogP contribution is 2.32. The first-order valence-electron chi connectivity index (χ1n) is 8.39. The monoisotopic (exact) mass is 401 g/mol. The molecule has 3 aromatic rings. The van der Waals surface area contributed by atoms with Gasteiger partial charge in [0.25, 0.3) is 5.91 Å². The van der Waals surface area contributed by atoms with Crippen LogP contribution in [-0.2, 0) is 16.1 Å². The van der Waals surface area contributed by atoms with Crippen LogP contribution in [0.5, 0.6) is 11.5 Å². The van der Waals surface area contributed by atoms with Crippen LogP contribution in [0.2, 0.25) is 0 Å². The Bertz CT molecular complexity index is 920. The number of methoxy groups -OCH3 is 2. The van der Waals surface area contributed by atoms with Crippen LogP contribution in [0, 0.1) is 0 Å². The van der Waals surface area contributed by atoms with Gasteiger partial charge in [-0.25, -0.2) is 4.79 Å². The van der Waals surface area contributed by atoms with Crippen LogP contribution in [0.4, 0.5) is 0 Å². The molecule has 0 fully saturated rings. The van der Waals surface area contributed by atoms with Crippen molar-refractivity contribution in [2.24, 2.45) is 0 Å². The standard InChI is InChI=1S/C20H19NO6S/c1-24-15-8-7-13(11-16(15)25-2)18(27-20(23)17-6-4-10-28-17)19(22)21-12-14-5-3-9-26-14/h3-11,18H,12H2,1-2H3,(H,21,22). The summed E-state index contributed by atoms with van der Waals surface area (Å²) in [6, 6.07) is 11.8. The molecule has 2 heterocycles. The quantitative estimate of drug-likeness (QED) is 0.581. The molecule has 0 saturated heterocycles. The number of carbonyl (C=O) groups is 2. The second kappa shape index (κ2) is 9.09. The Hall–Kier alpha value is -3.26. The number of furan rings is 1. The summed E-state index contributed by atoms with van der Waals surface area (Å²) in [6.07, 6.45) is 0.355. The van der Waals surface area contributed by atoms with Gasteiger partial charge in [0, 0.05) is 5.56 Å². The van der Waals surface area contributed by atoms with E-state index in [9.17, 15) is 9.59 Å². The maximum absolute atomic E-state index is 12.8. The molecule has 146 valence electrons. The lowest BCUT2D eigenvalue weighted by atomic mass is 10.1. The Kier molecular flexibility index (Phi) is 6.33. The highest BCUT2D eigenvalue weighted by Gasteiger charge is 2.27. The third kappa shape index (κ3) is 4.52. The fraction of sp³-hybridized carbons (Fsp3) is 0.200. The zero-order valence-electron chi connectivity index (χ0n) is 15.3. The molecule has 1 unspecified atom stereocenters. The van der Waals surface area contributed by atoms with Crippen LogP contribution in [0.15, 0.2) is 58.5 Å². The smallest absolute Gasteiger partial charge is 0.349 e. The SMILES string of the molecule is COc1ccc(C(OC(=O)c2cccs2)C(=O)NCc2ccco2)cc1OC. The minimum atomic E-state index is -1.16. The van der Waals surface area contributed by atoms with E-state index in [0.29, 0.717) is 27.7 Å². The molecule has 0 spiro atoms. The molecule has 0 bridgehead atoms. The zero-order valence-corrected chi connectivity index (χ0v) is 16.2. The molecule has 3 rings (SSSR count). The van der Waals surface area contributed by atoms with E-state index < -0.39 is 18.0 Å². The van der Waals surface area contributed by atoms with Gasteiger partial charge >= 0.3 is 5.97 Å². The van der Waals surface area contributed by atoms with Crippen molar-refractivity contribution in [1.29, 1.82) is 0 Å². The van der Waals surface area contributed by atoms with Crippen molar-refractivity contribution in [3.05, 3.63) is 70.3 Å². The lowest BCUT2D eigenvalue weighted by Gasteiger charge is -2.19. The number of amides is 1. The van der Waals surface area contributed by atoms with Crippen molar-refractivity contribution in [2.75, 3.05) is 14.2 Å². The van der Waals surface area contributed by atoms with Gasteiger partial charge in [-0.1, -0.05) is 12.1 Å². The normalized spacial score (nSPS) is 11.5. The summed E-state index contributed by atoms with van der Waals surface area (Å²) in [5.74, 6) is 0.460. The lowest BCUT2D eigenvalue weighted by molar-refractivity contribution is -0.130. The van der Waals surface area contributed by atoms with E-state index in [1.165, 1.54) is 31.8 Å². The summed E-state index contributed by atoms with van der Waals surface area (Å²) < 4.78 is 21.3. The largest absolute Gasteiger partial charge is 0.493 e. The van der Waals surface area contributed by atoms with Crippen molar-refractivity contribution >= 4 is 23.2 Å². The molecule has 1 N–H and O–H groups in total. The van der Waals surface area contributed by atoms with Crippen LogP contribution in [0.1, 0.15) is 27.1 Å². The van der Waals surface area contributed by atoms with E-state index in [-0.39, 0.29) is 6.54 Å². The first-order valence-corrected chi connectivity index (χ1v) is 9.27. The zero-order chi connectivity index (χ0) is 19.9. The van der Waals surface area contributed by atoms with Crippen molar-refractivity contribution in [3.8, 4) is 11.5 Å². The highest BCUT2D eigenvalue weighted by molar-refractivity contribution is 7.11. The number of esters is 1. The molecule has 1 amide bonds. The minimum absolute atomic E-state index is 0.173. The molecule has 0 aliphatic rings. The van der Waals surface area contributed by atoms with Crippen molar-refractivity contribution in [1.82, 2.24) is 5.32 Å². The molecule has 7 nitrogen and oxygen atoms in total. The third-order valence-corrected chi connectivity index (χ3v) is 4.76. The van der Waals surface area contributed by atoms with E-state index in [2.05, 4.69) is 5.32 Å². The Labute approximate surface area is 165 Å². The van der Waals surface area contributed by atoms with Gasteiger partial charge in [0.05, 0.1) is 27.0 Å². The van der Waals surface area contributed by atoms with Crippen LogP contribution >= 0.6 is 11.3 Å². The summed E-state index contributed by atoms with van der Waals surface area (Å²) in [4.78, 5) is 25.6. The van der Waals surface area contributed by atoms with E-state index >= 15 is 0 Å². The van der Waals surface area contributed by atoms with Gasteiger partial charge in [0.1, 0.15) is 10.6 Å². The van der Waals surface area contributed by atoms with Gasteiger partial charge in [0.15, 0.2) is 11.5 Å². The number of benzene rings is 1. The van der Waals surface area contributed by atoms with E-state index in [4.69, 9.17) is 18.6 Å². The van der Waals surface area contributed by atoms with Crippen LogP contribution < -0.4 is 14.8 Å². The average Bonchev–Trinajstić information content (AvgIpc) is 3.43.